The van der Waals surface area contributed by atoms with Crippen LogP contribution in [-0.4, -0.2) is 32.1 Å². The van der Waals surface area contributed by atoms with Crippen LogP contribution in [0.25, 0.3) is 0 Å². The van der Waals surface area contributed by atoms with Crippen LogP contribution in [0.15, 0.2) is 35.1 Å². The molecular formula is C20H26O6. The molecule has 1 atom stereocenters. The van der Waals surface area contributed by atoms with Gasteiger partial charge in [-0.15, -0.1) is 0 Å². The Morgan fingerprint density at radius 3 is 2.19 bits per heavy atom. The van der Waals surface area contributed by atoms with Gasteiger partial charge >= 0.3 is 17.9 Å². The lowest BCUT2D eigenvalue weighted by Crippen LogP contribution is -2.39. The van der Waals surface area contributed by atoms with Crippen LogP contribution in [0.2, 0.25) is 0 Å². The van der Waals surface area contributed by atoms with Gasteiger partial charge in [-0.2, -0.15) is 0 Å². The number of allylic oxidation sites excluding steroid dienone is 5. The van der Waals surface area contributed by atoms with Crippen molar-refractivity contribution in [1.82, 2.24) is 0 Å². The minimum absolute atomic E-state index is 0.129. The average molecular weight is 362 g/mol. The van der Waals surface area contributed by atoms with E-state index in [9.17, 15) is 14.4 Å². The molecule has 2 aliphatic carbocycles. The summed E-state index contributed by atoms with van der Waals surface area (Å²) in [4.78, 5) is 36.8. The fraction of sp³-hybridized carbons (Fsp3) is 0.550. The summed E-state index contributed by atoms with van der Waals surface area (Å²) in [5.74, 6) is -1.18. The zero-order chi connectivity index (χ0) is 19.7. The summed E-state index contributed by atoms with van der Waals surface area (Å²) in [5, 5.41) is 0. The second-order valence-electron chi connectivity index (χ2n) is 7.81. The van der Waals surface area contributed by atoms with Gasteiger partial charge in [-0.3, -0.25) is 14.4 Å². The van der Waals surface area contributed by atoms with E-state index in [1.54, 1.807) is 32.9 Å². The second kappa shape index (κ2) is 7.09. The maximum Gasteiger partial charge on any atom is 0.323 e. The van der Waals surface area contributed by atoms with Gasteiger partial charge in [-0.1, -0.05) is 11.6 Å². The van der Waals surface area contributed by atoms with Gasteiger partial charge in [0.1, 0.15) is 5.76 Å². The smallest absolute Gasteiger partial charge is 0.323 e. The van der Waals surface area contributed by atoms with Crippen molar-refractivity contribution in [2.45, 2.75) is 40.5 Å². The van der Waals surface area contributed by atoms with Crippen LogP contribution in [-0.2, 0) is 28.6 Å². The maximum atomic E-state index is 12.3. The van der Waals surface area contributed by atoms with Crippen LogP contribution < -0.4 is 0 Å². The predicted molar refractivity (Wildman–Crippen MR) is 94.7 cm³/mol. The van der Waals surface area contributed by atoms with Crippen molar-refractivity contribution in [3.05, 3.63) is 35.1 Å². The van der Waals surface area contributed by atoms with E-state index in [0.717, 1.165) is 11.1 Å². The number of ether oxygens (including phenoxy) is 3. The van der Waals surface area contributed by atoms with Crippen LogP contribution in [0.3, 0.4) is 0 Å². The highest BCUT2D eigenvalue weighted by Gasteiger charge is 2.55. The molecule has 142 valence electrons. The lowest BCUT2D eigenvalue weighted by Gasteiger charge is -2.22. The van der Waals surface area contributed by atoms with E-state index in [0.29, 0.717) is 5.76 Å². The summed E-state index contributed by atoms with van der Waals surface area (Å²) in [5.41, 5.74) is -0.129. The van der Waals surface area contributed by atoms with E-state index in [1.807, 2.05) is 13.0 Å². The molecule has 26 heavy (non-hydrogen) atoms. The Hall–Kier alpha value is -2.37. The normalized spacial score (nSPS) is 21.5. The first-order valence-corrected chi connectivity index (χ1v) is 8.54. The number of fused-ring (bicyclic) bond motifs is 1. The summed E-state index contributed by atoms with van der Waals surface area (Å²) >= 11 is 0. The number of esters is 3. The fourth-order valence-electron chi connectivity index (χ4n) is 3.32. The molecule has 0 N–H and O–H groups in total. The van der Waals surface area contributed by atoms with Crippen molar-refractivity contribution in [1.29, 1.82) is 0 Å². The number of carbonyl (C=O) groups is 3. The Balaban J connectivity index is 2.36. The number of hydrogen-bond acceptors (Lipinski definition) is 6. The van der Waals surface area contributed by atoms with Crippen molar-refractivity contribution in [2.24, 2.45) is 16.7 Å². The molecule has 6 nitrogen and oxygen atoms in total. The monoisotopic (exact) mass is 362 g/mol. The van der Waals surface area contributed by atoms with Gasteiger partial charge in [-0.25, -0.2) is 0 Å². The zero-order valence-electron chi connectivity index (χ0n) is 16.2. The summed E-state index contributed by atoms with van der Waals surface area (Å²) in [6.45, 7) is 7.25. The molecule has 0 spiro atoms. The number of rotatable bonds is 3. The van der Waals surface area contributed by atoms with Crippen molar-refractivity contribution in [3.8, 4) is 0 Å². The number of methoxy groups -OCH3 is 2. The summed E-state index contributed by atoms with van der Waals surface area (Å²) in [6.07, 6.45) is 5.84. The third-order valence-electron chi connectivity index (χ3n) is 4.84. The van der Waals surface area contributed by atoms with E-state index < -0.39 is 22.8 Å². The van der Waals surface area contributed by atoms with Crippen molar-refractivity contribution >= 4 is 17.9 Å². The van der Waals surface area contributed by atoms with Crippen LogP contribution in [0.5, 0.6) is 0 Å². The Labute approximate surface area is 153 Å². The molecule has 2 rings (SSSR count). The predicted octanol–water partition coefficient (Wildman–Crippen LogP) is 3.09. The summed E-state index contributed by atoms with van der Waals surface area (Å²) < 4.78 is 15.2. The molecule has 0 amide bonds. The second-order valence-corrected chi connectivity index (χ2v) is 7.81. The molecule has 0 heterocycles. The molecule has 0 aromatic rings. The standard InChI is InChI=1S/C20H26O6/c1-12-9-14(26-16(21)19(2,3)4)8-7-13-10-20(11-15(12)13,17(22)24-5)18(23)25-6/h7-9,13H,10-11H2,1-6H3. The lowest BCUT2D eigenvalue weighted by molar-refractivity contribution is -0.168. The summed E-state index contributed by atoms with van der Waals surface area (Å²) in [6, 6.07) is 0. The SMILES string of the molecule is COC(=O)C1(C(=O)OC)CC2=C(C)C=C(OC(=O)C(C)(C)C)C=CC2C1. The molecule has 0 aromatic heterocycles. The highest BCUT2D eigenvalue weighted by molar-refractivity contribution is 6.01. The first kappa shape index (κ1) is 19.9. The molecule has 0 radical (unpaired) electrons. The highest BCUT2D eigenvalue weighted by atomic mass is 16.5. The molecule has 6 heteroatoms. The van der Waals surface area contributed by atoms with E-state index in [1.165, 1.54) is 14.2 Å². The topological polar surface area (TPSA) is 78.9 Å². The van der Waals surface area contributed by atoms with E-state index in [4.69, 9.17) is 14.2 Å². The van der Waals surface area contributed by atoms with Crippen LogP contribution in [0.1, 0.15) is 40.5 Å². The molecule has 0 aromatic carbocycles. The fourth-order valence-corrected chi connectivity index (χ4v) is 3.32. The molecule has 0 bridgehead atoms. The number of hydrogen-bond donors (Lipinski definition) is 0. The molecule has 2 aliphatic rings. The first-order chi connectivity index (χ1) is 12.0. The summed E-state index contributed by atoms with van der Waals surface area (Å²) in [7, 11) is 2.53. The van der Waals surface area contributed by atoms with Gasteiger partial charge < -0.3 is 14.2 Å². The van der Waals surface area contributed by atoms with Crippen LogP contribution >= 0.6 is 0 Å². The third-order valence-corrected chi connectivity index (χ3v) is 4.84. The molecular weight excluding hydrogens is 336 g/mol. The molecule has 1 saturated carbocycles. The zero-order valence-corrected chi connectivity index (χ0v) is 16.2. The molecule has 1 unspecified atom stereocenters. The Morgan fingerprint density at radius 2 is 1.69 bits per heavy atom. The molecule has 0 saturated heterocycles. The van der Waals surface area contributed by atoms with Gasteiger partial charge in [0.15, 0.2) is 5.41 Å². The van der Waals surface area contributed by atoms with Crippen molar-refractivity contribution < 1.29 is 28.6 Å². The van der Waals surface area contributed by atoms with Gasteiger partial charge in [0.2, 0.25) is 0 Å². The first-order valence-electron chi connectivity index (χ1n) is 8.54. The Morgan fingerprint density at radius 1 is 1.12 bits per heavy atom. The quantitative estimate of drug-likeness (QED) is 0.436. The molecule has 1 fully saturated rings. The maximum absolute atomic E-state index is 12.3. The Kier molecular flexibility index (Phi) is 5.44. The Bertz CT molecular complexity index is 701. The average Bonchev–Trinajstić information content (AvgIpc) is 2.92. The van der Waals surface area contributed by atoms with Gasteiger partial charge in [0.25, 0.3) is 0 Å². The van der Waals surface area contributed by atoms with Gasteiger partial charge in [-0.05, 0) is 58.3 Å². The third kappa shape index (κ3) is 3.59. The van der Waals surface area contributed by atoms with Gasteiger partial charge in [0.05, 0.1) is 19.6 Å². The van der Waals surface area contributed by atoms with Crippen molar-refractivity contribution in [2.75, 3.05) is 14.2 Å². The van der Waals surface area contributed by atoms with Crippen molar-refractivity contribution in [3.63, 3.8) is 0 Å². The van der Waals surface area contributed by atoms with E-state index >= 15 is 0 Å². The lowest BCUT2D eigenvalue weighted by atomic mass is 9.85. The largest absolute Gasteiger partial charge is 0.468 e. The van der Waals surface area contributed by atoms with E-state index in [2.05, 4.69) is 0 Å². The molecule has 0 aliphatic heterocycles. The van der Waals surface area contributed by atoms with Crippen LogP contribution in [0.4, 0.5) is 0 Å². The minimum atomic E-state index is -1.33. The highest BCUT2D eigenvalue weighted by Crippen LogP contribution is 2.49. The van der Waals surface area contributed by atoms with E-state index in [-0.39, 0.29) is 24.7 Å². The van der Waals surface area contributed by atoms with Gasteiger partial charge in [0, 0.05) is 5.92 Å². The number of carbonyl (C=O) groups excluding carboxylic acids is 3. The van der Waals surface area contributed by atoms with Crippen LogP contribution in [0, 0.1) is 16.7 Å². The minimum Gasteiger partial charge on any atom is -0.468 e.